The summed E-state index contributed by atoms with van der Waals surface area (Å²) in [4.78, 5) is 2.19. The van der Waals surface area contributed by atoms with Gasteiger partial charge in [0.2, 0.25) is 0 Å². The molecule has 1 aliphatic rings. The Bertz CT molecular complexity index is 737. The second-order valence-corrected chi connectivity index (χ2v) is 5.11. The normalized spacial score (nSPS) is 15.1. The highest BCUT2D eigenvalue weighted by Crippen LogP contribution is 2.23. The van der Waals surface area contributed by atoms with Crippen molar-refractivity contribution >= 4 is 11.5 Å². The fourth-order valence-electron chi connectivity index (χ4n) is 2.40. The number of rotatable bonds is 4. The molecule has 0 unspecified atom stereocenters. The number of benzene rings is 1. The van der Waals surface area contributed by atoms with Crippen LogP contribution in [0.15, 0.2) is 42.5 Å². The van der Waals surface area contributed by atoms with E-state index in [9.17, 15) is 0 Å². The van der Waals surface area contributed by atoms with Crippen LogP contribution in [-0.2, 0) is 0 Å². The van der Waals surface area contributed by atoms with Crippen LogP contribution in [0.25, 0.3) is 5.65 Å². The summed E-state index contributed by atoms with van der Waals surface area (Å²) >= 11 is 0. The van der Waals surface area contributed by atoms with E-state index in [0.29, 0.717) is 11.6 Å². The Hall–Kier alpha value is -2.70. The molecule has 1 fully saturated rings. The van der Waals surface area contributed by atoms with Crippen molar-refractivity contribution in [2.24, 2.45) is 5.92 Å². The predicted molar refractivity (Wildman–Crippen MR) is 76.2 cm³/mol. The van der Waals surface area contributed by atoms with Crippen LogP contribution < -0.4 is 9.64 Å². The molecular formula is C14H14N6O. The van der Waals surface area contributed by atoms with Gasteiger partial charge >= 0.3 is 0 Å². The first kappa shape index (κ1) is 12.1. The summed E-state index contributed by atoms with van der Waals surface area (Å²) in [5.41, 5.74) is 0.656. The van der Waals surface area contributed by atoms with Crippen LogP contribution in [0.2, 0.25) is 0 Å². The second-order valence-electron chi connectivity index (χ2n) is 5.11. The standard InChI is InChI=1S/C14H14N6O/c1-2-4-12(5-3-1)21-10-11-8-19(9-11)14-7-6-13-15-17-18-20(13)16-14/h1-7,11H,8-10H2. The number of hydrogen-bond donors (Lipinski definition) is 0. The number of ether oxygens (including phenoxy) is 1. The van der Waals surface area contributed by atoms with Crippen LogP contribution >= 0.6 is 0 Å². The van der Waals surface area contributed by atoms with Crippen LogP contribution in [0.5, 0.6) is 5.75 Å². The highest BCUT2D eigenvalue weighted by atomic mass is 16.5. The van der Waals surface area contributed by atoms with Gasteiger partial charge in [-0.25, -0.2) is 0 Å². The van der Waals surface area contributed by atoms with E-state index in [-0.39, 0.29) is 0 Å². The number of anilines is 1. The molecule has 1 aliphatic heterocycles. The van der Waals surface area contributed by atoms with Crippen molar-refractivity contribution in [2.75, 3.05) is 24.6 Å². The summed E-state index contributed by atoms with van der Waals surface area (Å²) in [6.45, 7) is 2.61. The highest BCUT2D eigenvalue weighted by molar-refractivity contribution is 5.46. The predicted octanol–water partition coefficient (Wildman–Crippen LogP) is 1.03. The lowest BCUT2D eigenvalue weighted by molar-refractivity contribution is 0.220. The molecular weight excluding hydrogens is 268 g/mol. The van der Waals surface area contributed by atoms with Gasteiger partial charge in [0.25, 0.3) is 0 Å². The highest BCUT2D eigenvalue weighted by Gasteiger charge is 2.28. The Morgan fingerprint density at radius 3 is 2.81 bits per heavy atom. The van der Waals surface area contributed by atoms with Crippen molar-refractivity contribution in [2.45, 2.75) is 0 Å². The maximum atomic E-state index is 5.77. The third-order valence-corrected chi connectivity index (χ3v) is 3.57. The molecule has 7 nitrogen and oxygen atoms in total. The lowest BCUT2D eigenvalue weighted by atomic mass is 10.0. The van der Waals surface area contributed by atoms with Gasteiger partial charge in [-0.15, -0.1) is 14.8 Å². The van der Waals surface area contributed by atoms with E-state index in [2.05, 4.69) is 25.5 Å². The Morgan fingerprint density at radius 1 is 1.10 bits per heavy atom. The fraction of sp³-hybridized carbons (Fsp3) is 0.286. The molecule has 0 atom stereocenters. The lowest BCUT2D eigenvalue weighted by Crippen LogP contribution is -2.49. The summed E-state index contributed by atoms with van der Waals surface area (Å²) in [6, 6.07) is 13.7. The minimum atomic E-state index is 0.525. The minimum Gasteiger partial charge on any atom is -0.493 e. The Morgan fingerprint density at radius 2 is 1.95 bits per heavy atom. The number of tetrazole rings is 1. The van der Waals surface area contributed by atoms with E-state index in [1.807, 2.05) is 42.5 Å². The van der Waals surface area contributed by atoms with Gasteiger partial charge in [-0.05, 0) is 34.7 Å². The Kier molecular flexibility index (Phi) is 2.88. The minimum absolute atomic E-state index is 0.525. The van der Waals surface area contributed by atoms with Gasteiger partial charge < -0.3 is 9.64 Å². The zero-order valence-electron chi connectivity index (χ0n) is 11.3. The van der Waals surface area contributed by atoms with Crippen LogP contribution in [0.4, 0.5) is 5.82 Å². The molecule has 0 radical (unpaired) electrons. The zero-order chi connectivity index (χ0) is 14.1. The van der Waals surface area contributed by atoms with Gasteiger partial charge in [0.05, 0.1) is 6.61 Å². The van der Waals surface area contributed by atoms with Crippen molar-refractivity contribution in [3.05, 3.63) is 42.5 Å². The molecule has 7 heteroatoms. The first-order chi connectivity index (χ1) is 10.4. The number of hydrogen-bond acceptors (Lipinski definition) is 6. The molecule has 1 saturated heterocycles. The molecule has 4 rings (SSSR count). The van der Waals surface area contributed by atoms with Crippen molar-refractivity contribution in [1.82, 2.24) is 25.3 Å². The van der Waals surface area contributed by atoms with Gasteiger partial charge in [0.15, 0.2) is 11.5 Å². The first-order valence-electron chi connectivity index (χ1n) is 6.87. The maximum absolute atomic E-state index is 5.77. The van der Waals surface area contributed by atoms with Gasteiger partial charge in [-0.2, -0.15) is 0 Å². The number of fused-ring (bicyclic) bond motifs is 1. The largest absolute Gasteiger partial charge is 0.493 e. The number of para-hydroxylation sites is 1. The lowest BCUT2D eigenvalue weighted by Gasteiger charge is -2.39. The van der Waals surface area contributed by atoms with E-state index in [1.165, 1.54) is 4.63 Å². The fourth-order valence-corrected chi connectivity index (χ4v) is 2.40. The SMILES string of the molecule is c1ccc(OCC2CN(c3ccc4nnnn4n3)C2)cc1. The van der Waals surface area contributed by atoms with Crippen molar-refractivity contribution < 1.29 is 4.74 Å². The van der Waals surface area contributed by atoms with Crippen LogP contribution in [0.1, 0.15) is 0 Å². The maximum Gasteiger partial charge on any atom is 0.200 e. The molecule has 1 aromatic carbocycles. The quantitative estimate of drug-likeness (QED) is 0.712. The summed E-state index contributed by atoms with van der Waals surface area (Å²) in [5, 5.41) is 15.6. The van der Waals surface area contributed by atoms with Crippen molar-refractivity contribution in [3.8, 4) is 5.75 Å². The molecule has 0 aliphatic carbocycles. The molecule has 3 heterocycles. The summed E-state index contributed by atoms with van der Waals surface area (Å²) in [7, 11) is 0. The topological polar surface area (TPSA) is 68.4 Å². The number of aromatic nitrogens is 5. The van der Waals surface area contributed by atoms with E-state index < -0.39 is 0 Å². The number of nitrogens with zero attached hydrogens (tertiary/aromatic N) is 6. The third-order valence-electron chi connectivity index (χ3n) is 3.57. The molecule has 0 spiro atoms. The van der Waals surface area contributed by atoms with E-state index >= 15 is 0 Å². The molecule has 2 aromatic heterocycles. The van der Waals surface area contributed by atoms with Gasteiger partial charge in [0.1, 0.15) is 5.75 Å². The van der Waals surface area contributed by atoms with Crippen molar-refractivity contribution in [3.63, 3.8) is 0 Å². The first-order valence-corrected chi connectivity index (χ1v) is 6.87. The smallest absolute Gasteiger partial charge is 0.200 e. The van der Waals surface area contributed by atoms with Crippen LogP contribution in [-0.4, -0.2) is 45.0 Å². The second kappa shape index (κ2) is 5.01. The van der Waals surface area contributed by atoms with Gasteiger partial charge in [-0.1, -0.05) is 18.2 Å². The molecule has 0 saturated carbocycles. The van der Waals surface area contributed by atoms with Gasteiger partial charge in [0, 0.05) is 19.0 Å². The Balaban J connectivity index is 1.34. The van der Waals surface area contributed by atoms with Gasteiger partial charge in [-0.3, -0.25) is 0 Å². The molecule has 0 amide bonds. The molecule has 0 bridgehead atoms. The average molecular weight is 282 g/mol. The monoisotopic (exact) mass is 282 g/mol. The van der Waals surface area contributed by atoms with Crippen LogP contribution in [0, 0.1) is 5.92 Å². The molecule has 3 aromatic rings. The summed E-state index contributed by atoms with van der Waals surface area (Å²) in [6.07, 6.45) is 0. The van der Waals surface area contributed by atoms with Crippen LogP contribution in [0.3, 0.4) is 0 Å². The Labute approximate surface area is 121 Å². The van der Waals surface area contributed by atoms with E-state index in [4.69, 9.17) is 4.74 Å². The van der Waals surface area contributed by atoms with E-state index in [1.54, 1.807) is 0 Å². The molecule has 0 N–H and O–H groups in total. The summed E-state index contributed by atoms with van der Waals surface area (Å²) in [5.74, 6) is 2.34. The zero-order valence-corrected chi connectivity index (χ0v) is 11.3. The average Bonchev–Trinajstić information content (AvgIpc) is 2.94. The molecule has 21 heavy (non-hydrogen) atoms. The van der Waals surface area contributed by atoms with E-state index in [0.717, 1.165) is 31.3 Å². The molecule has 106 valence electrons. The third kappa shape index (κ3) is 2.37. The van der Waals surface area contributed by atoms with Crippen molar-refractivity contribution in [1.29, 1.82) is 0 Å². The summed E-state index contributed by atoms with van der Waals surface area (Å²) < 4.78 is 7.21.